The van der Waals surface area contributed by atoms with E-state index >= 15 is 0 Å². The van der Waals surface area contributed by atoms with Crippen LogP contribution in [0.25, 0.3) is 10.8 Å². The minimum Gasteiger partial charge on any atom is -0.301 e. The Morgan fingerprint density at radius 2 is 1.50 bits per heavy atom. The molecule has 0 spiro atoms. The summed E-state index contributed by atoms with van der Waals surface area (Å²) in [4.78, 5) is -1.09. The SMILES string of the molecule is Cc1cc([NH])ccc1N=Nc1cc(S(=O)(=O)O)c2cccc(S(=O)(=O)O)c2c1. The molecular weight excluding hydrogens is 406 g/mol. The van der Waals surface area contributed by atoms with E-state index in [0.29, 0.717) is 11.3 Å². The number of azo groups is 1. The molecule has 0 saturated carbocycles. The van der Waals surface area contributed by atoms with E-state index in [9.17, 15) is 25.9 Å². The fourth-order valence-electron chi connectivity index (χ4n) is 2.68. The average Bonchev–Trinajstić information content (AvgIpc) is 2.58. The maximum Gasteiger partial charge on any atom is 0.295 e. The van der Waals surface area contributed by atoms with Crippen LogP contribution in [-0.4, -0.2) is 25.9 Å². The normalized spacial score (nSPS) is 12.7. The number of hydrogen-bond acceptors (Lipinski definition) is 6. The molecule has 1 radical (unpaired) electrons. The first-order valence-corrected chi connectivity index (χ1v) is 10.6. The van der Waals surface area contributed by atoms with E-state index in [4.69, 9.17) is 5.73 Å². The van der Waals surface area contributed by atoms with Crippen LogP contribution in [0.1, 0.15) is 5.56 Å². The summed E-state index contributed by atoms with van der Waals surface area (Å²) in [6, 6.07) is 10.5. The molecule has 0 bridgehead atoms. The van der Waals surface area contributed by atoms with Gasteiger partial charge >= 0.3 is 0 Å². The third kappa shape index (κ3) is 4.02. The monoisotopic (exact) mass is 420 g/mol. The predicted molar refractivity (Wildman–Crippen MR) is 102 cm³/mol. The first-order valence-electron chi connectivity index (χ1n) is 7.72. The number of hydrogen-bond donors (Lipinski definition) is 2. The van der Waals surface area contributed by atoms with Crippen LogP contribution in [0.3, 0.4) is 0 Å². The van der Waals surface area contributed by atoms with Crippen molar-refractivity contribution in [3.8, 4) is 0 Å². The van der Waals surface area contributed by atoms with Crippen molar-refractivity contribution < 1.29 is 25.9 Å². The highest BCUT2D eigenvalue weighted by Crippen LogP contribution is 2.34. The smallest absolute Gasteiger partial charge is 0.295 e. The Hall–Kier alpha value is -2.86. The Labute approximate surface area is 161 Å². The van der Waals surface area contributed by atoms with Gasteiger partial charge in [-0.15, -0.1) is 0 Å². The molecule has 3 N–H and O–H groups in total. The number of nitrogens with zero attached hydrogens (tertiary/aromatic N) is 2. The van der Waals surface area contributed by atoms with Gasteiger partial charge in [0.2, 0.25) is 0 Å². The van der Waals surface area contributed by atoms with Gasteiger partial charge in [0, 0.05) is 10.8 Å². The van der Waals surface area contributed by atoms with Gasteiger partial charge in [-0.25, -0.2) is 0 Å². The van der Waals surface area contributed by atoms with E-state index in [2.05, 4.69) is 10.2 Å². The summed E-state index contributed by atoms with van der Waals surface area (Å²) in [6.07, 6.45) is 0. The Kier molecular flexibility index (Phi) is 4.93. The highest BCUT2D eigenvalue weighted by atomic mass is 32.2. The van der Waals surface area contributed by atoms with E-state index in [0.717, 1.165) is 12.1 Å². The zero-order chi connectivity index (χ0) is 20.7. The first-order chi connectivity index (χ1) is 13.0. The Morgan fingerprint density at radius 1 is 0.821 bits per heavy atom. The van der Waals surface area contributed by atoms with Gasteiger partial charge in [-0.1, -0.05) is 12.1 Å². The van der Waals surface area contributed by atoms with Crippen molar-refractivity contribution in [2.45, 2.75) is 16.7 Å². The van der Waals surface area contributed by atoms with Gasteiger partial charge in [0.15, 0.2) is 0 Å². The lowest BCUT2D eigenvalue weighted by Crippen LogP contribution is -2.03. The molecule has 0 heterocycles. The van der Waals surface area contributed by atoms with Crippen LogP contribution in [0.5, 0.6) is 0 Å². The van der Waals surface area contributed by atoms with Crippen molar-refractivity contribution in [1.82, 2.24) is 5.73 Å². The minimum atomic E-state index is -4.71. The van der Waals surface area contributed by atoms with Crippen molar-refractivity contribution in [3.05, 3.63) is 54.1 Å². The summed E-state index contributed by atoms with van der Waals surface area (Å²) >= 11 is 0. The molecule has 3 aromatic rings. The fourth-order valence-corrected chi connectivity index (χ4v) is 4.11. The first kappa shape index (κ1) is 19.9. The zero-order valence-electron chi connectivity index (χ0n) is 14.4. The molecule has 0 fully saturated rings. The van der Waals surface area contributed by atoms with Gasteiger partial charge in [0.25, 0.3) is 20.2 Å². The Morgan fingerprint density at radius 3 is 2.11 bits per heavy atom. The molecule has 0 atom stereocenters. The molecule has 0 aliphatic heterocycles. The van der Waals surface area contributed by atoms with Crippen LogP contribution in [0, 0.1) is 6.92 Å². The molecule has 9 nitrogen and oxygen atoms in total. The molecule has 145 valence electrons. The second kappa shape index (κ2) is 6.95. The second-order valence-corrected chi connectivity index (χ2v) is 8.73. The van der Waals surface area contributed by atoms with Crippen molar-refractivity contribution in [2.75, 3.05) is 0 Å². The van der Waals surface area contributed by atoms with E-state index in [1.165, 1.54) is 24.3 Å². The molecule has 0 amide bonds. The molecule has 0 aliphatic carbocycles. The number of fused-ring (bicyclic) bond motifs is 1. The quantitative estimate of drug-likeness (QED) is 0.480. The molecule has 3 rings (SSSR count). The van der Waals surface area contributed by atoms with Crippen LogP contribution in [0.4, 0.5) is 17.1 Å². The van der Waals surface area contributed by atoms with Crippen LogP contribution in [0.2, 0.25) is 0 Å². The average molecular weight is 420 g/mol. The highest BCUT2D eigenvalue weighted by Gasteiger charge is 2.21. The number of benzene rings is 3. The van der Waals surface area contributed by atoms with Crippen molar-refractivity contribution >= 4 is 48.1 Å². The molecule has 0 aromatic heterocycles. The van der Waals surface area contributed by atoms with Crippen LogP contribution >= 0.6 is 0 Å². The van der Waals surface area contributed by atoms with E-state index in [-0.39, 0.29) is 22.1 Å². The van der Waals surface area contributed by atoms with Gasteiger partial charge in [0.1, 0.15) is 9.79 Å². The number of nitrogens with one attached hydrogen (secondary N) is 1. The Bertz CT molecular complexity index is 1330. The molecule has 0 saturated heterocycles. The molecule has 0 aliphatic rings. The zero-order valence-corrected chi connectivity index (χ0v) is 16.0. The molecule has 28 heavy (non-hydrogen) atoms. The molecular formula is C17H14N3O6S2. The second-order valence-electron chi connectivity index (χ2n) is 5.95. The maximum atomic E-state index is 11.8. The molecule has 11 heteroatoms. The van der Waals surface area contributed by atoms with Crippen molar-refractivity contribution in [3.63, 3.8) is 0 Å². The standard InChI is InChI=1S/C17H14N3O6S2/c1-10-7-11(18)5-6-15(10)20-19-12-8-14-13(17(9-12)28(24,25)26)3-2-4-16(14)27(21,22)23/h2-9,18H,1H3,(H,21,22,23)(H,24,25,26). The molecule has 3 aromatic carbocycles. The summed E-state index contributed by atoms with van der Waals surface area (Å²) in [5.41, 5.74) is 8.87. The lowest BCUT2D eigenvalue weighted by Gasteiger charge is -2.08. The third-order valence-corrected chi connectivity index (χ3v) is 5.73. The van der Waals surface area contributed by atoms with Gasteiger partial charge in [-0.2, -0.15) is 27.1 Å². The van der Waals surface area contributed by atoms with Crippen LogP contribution in [0.15, 0.2) is 68.6 Å². The summed E-state index contributed by atoms with van der Waals surface area (Å²) in [5, 5.41) is 7.69. The Balaban J connectivity index is 2.28. The van der Waals surface area contributed by atoms with E-state index in [1.54, 1.807) is 19.1 Å². The van der Waals surface area contributed by atoms with Gasteiger partial charge in [-0.3, -0.25) is 9.11 Å². The maximum absolute atomic E-state index is 11.8. The minimum absolute atomic E-state index is 0.0504. The number of aryl methyl sites for hydroxylation is 1. The number of rotatable bonds is 4. The fraction of sp³-hybridized carbons (Fsp3) is 0.0588. The lowest BCUT2D eigenvalue weighted by molar-refractivity contribution is 0.481. The topological polar surface area (TPSA) is 157 Å². The lowest BCUT2D eigenvalue weighted by atomic mass is 10.1. The van der Waals surface area contributed by atoms with Gasteiger partial charge in [-0.05, 0) is 48.9 Å². The van der Waals surface area contributed by atoms with E-state index < -0.39 is 30.0 Å². The summed E-state index contributed by atoms with van der Waals surface area (Å²) in [5.74, 6) is 0. The highest BCUT2D eigenvalue weighted by molar-refractivity contribution is 7.86. The predicted octanol–water partition coefficient (Wildman–Crippen LogP) is 3.97. The van der Waals surface area contributed by atoms with Crippen LogP contribution < -0.4 is 5.73 Å². The summed E-state index contributed by atoms with van der Waals surface area (Å²) in [7, 11) is -9.37. The van der Waals surface area contributed by atoms with Crippen molar-refractivity contribution in [2.24, 2.45) is 10.2 Å². The third-order valence-electron chi connectivity index (χ3n) is 3.93. The van der Waals surface area contributed by atoms with Gasteiger partial charge in [0.05, 0.1) is 17.1 Å². The summed E-state index contributed by atoms with van der Waals surface area (Å²) in [6.45, 7) is 1.72. The van der Waals surface area contributed by atoms with Crippen LogP contribution in [-0.2, 0) is 20.2 Å². The summed E-state index contributed by atoms with van der Waals surface area (Å²) < 4.78 is 65.8. The van der Waals surface area contributed by atoms with Gasteiger partial charge < -0.3 is 5.73 Å². The largest absolute Gasteiger partial charge is 0.301 e. The van der Waals surface area contributed by atoms with E-state index in [1.807, 2.05) is 0 Å². The van der Waals surface area contributed by atoms with Crippen molar-refractivity contribution in [1.29, 1.82) is 0 Å². The molecule has 0 unspecified atom stereocenters.